The number of H-pyrrole nitrogens is 1. The van der Waals surface area contributed by atoms with Gasteiger partial charge in [-0.1, -0.05) is 0 Å². The molecule has 0 spiro atoms. The molecule has 0 saturated carbocycles. The van der Waals surface area contributed by atoms with E-state index in [0.29, 0.717) is 17.0 Å². The third-order valence-electron chi connectivity index (χ3n) is 2.81. The van der Waals surface area contributed by atoms with Crippen LogP contribution in [0.15, 0.2) is 29.1 Å². The summed E-state index contributed by atoms with van der Waals surface area (Å²) < 4.78 is 6.32. The van der Waals surface area contributed by atoms with Crippen molar-refractivity contribution in [2.45, 2.75) is 6.92 Å². The molecule has 1 aromatic carbocycles. The second kappa shape index (κ2) is 4.52. The molecule has 0 aliphatic heterocycles. The Labute approximate surface area is 104 Å². The van der Waals surface area contributed by atoms with Gasteiger partial charge in [0.15, 0.2) is 5.78 Å². The zero-order chi connectivity index (χ0) is 13.3. The van der Waals surface area contributed by atoms with E-state index in [2.05, 4.69) is 5.10 Å². The van der Waals surface area contributed by atoms with Crippen LogP contribution in [0.5, 0.6) is 5.75 Å². The molecule has 1 heterocycles. The van der Waals surface area contributed by atoms with E-state index in [1.165, 1.54) is 4.68 Å². The summed E-state index contributed by atoms with van der Waals surface area (Å²) >= 11 is 0. The fourth-order valence-electron chi connectivity index (χ4n) is 1.84. The molecule has 1 aromatic heterocycles. The Morgan fingerprint density at radius 2 is 1.89 bits per heavy atom. The predicted molar refractivity (Wildman–Crippen MR) is 67.2 cm³/mol. The summed E-state index contributed by atoms with van der Waals surface area (Å²) in [5.74, 6) is 0.391. The van der Waals surface area contributed by atoms with E-state index in [1.54, 1.807) is 45.3 Å². The van der Waals surface area contributed by atoms with Crippen molar-refractivity contribution in [1.29, 1.82) is 0 Å². The lowest BCUT2D eigenvalue weighted by Crippen LogP contribution is -2.19. The molecule has 0 aliphatic carbocycles. The molecule has 0 atom stereocenters. The number of benzene rings is 1. The van der Waals surface area contributed by atoms with Crippen molar-refractivity contribution in [3.63, 3.8) is 0 Å². The van der Waals surface area contributed by atoms with Gasteiger partial charge in [-0.2, -0.15) is 0 Å². The number of ketones is 1. The quantitative estimate of drug-likeness (QED) is 0.829. The third-order valence-corrected chi connectivity index (χ3v) is 2.81. The number of aryl methyl sites for hydroxylation is 2. The van der Waals surface area contributed by atoms with Crippen molar-refractivity contribution in [1.82, 2.24) is 9.78 Å². The number of carbonyl (C=O) groups is 1. The second-order valence-corrected chi connectivity index (χ2v) is 4.03. The molecule has 94 valence electrons. The summed E-state index contributed by atoms with van der Waals surface area (Å²) in [5, 5.41) is 2.81. The highest BCUT2D eigenvalue weighted by atomic mass is 16.5. The normalized spacial score (nSPS) is 10.4. The standard InChI is InChI=1S/C13H14N2O3/c1-8-11(13(17)15(2)14-8)12(16)9-4-6-10(18-3)7-5-9/h4-7,14H,1-3H3. The monoisotopic (exact) mass is 246 g/mol. The van der Waals surface area contributed by atoms with Crippen LogP contribution in [0.3, 0.4) is 0 Å². The number of hydrogen-bond acceptors (Lipinski definition) is 3. The molecule has 1 N–H and O–H groups in total. The highest BCUT2D eigenvalue weighted by Crippen LogP contribution is 2.14. The molecule has 5 heteroatoms. The molecule has 18 heavy (non-hydrogen) atoms. The summed E-state index contributed by atoms with van der Waals surface area (Å²) in [5.41, 5.74) is 0.912. The van der Waals surface area contributed by atoms with Gasteiger partial charge in [0.25, 0.3) is 5.56 Å². The first-order chi connectivity index (χ1) is 8.54. The molecule has 0 saturated heterocycles. The number of hydrogen-bond donors (Lipinski definition) is 1. The van der Waals surface area contributed by atoms with E-state index < -0.39 is 0 Å². The van der Waals surface area contributed by atoms with Crippen LogP contribution in [0, 0.1) is 6.92 Å². The van der Waals surface area contributed by atoms with Gasteiger partial charge in [0.05, 0.1) is 7.11 Å². The maximum absolute atomic E-state index is 12.2. The van der Waals surface area contributed by atoms with Crippen LogP contribution in [-0.2, 0) is 7.05 Å². The van der Waals surface area contributed by atoms with Crippen LogP contribution < -0.4 is 10.3 Å². The molecular formula is C13H14N2O3. The lowest BCUT2D eigenvalue weighted by Gasteiger charge is -2.01. The van der Waals surface area contributed by atoms with Crippen LogP contribution in [-0.4, -0.2) is 22.7 Å². The number of nitrogens with one attached hydrogen (secondary N) is 1. The Balaban J connectivity index is 2.44. The molecular weight excluding hydrogens is 232 g/mol. The number of ether oxygens (including phenoxy) is 1. The van der Waals surface area contributed by atoms with Crippen molar-refractivity contribution >= 4 is 5.78 Å². The predicted octanol–water partition coefficient (Wildman–Crippen LogP) is 1.26. The molecule has 0 radical (unpaired) electrons. The largest absolute Gasteiger partial charge is 0.497 e. The van der Waals surface area contributed by atoms with E-state index in [-0.39, 0.29) is 16.9 Å². The zero-order valence-corrected chi connectivity index (χ0v) is 10.5. The Bertz CT molecular complexity index is 635. The molecule has 5 nitrogen and oxygen atoms in total. The highest BCUT2D eigenvalue weighted by molar-refractivity contribution is 6.09. The summed E-state index contributed by atoms with van der Waals surface area (Å²) in [6, 6.07) is 6.68. The molecule has 0 aliphatic rings. The Morgan fingerprint density at radius 1 is 1.28 bits per heavy atom. The smallest absolute Gasteiger partial charge is 0.277 e. The lowest BCUT2D eigenvalue weighted by atomic mass is 10.0. The van der Waals surface area contributed by atoms with Gasteiger partial charge < -0.3 is 4.74 Å². The topological polar surface area (TPSA) is 64.1 Å². The molecule has 0 fully saturated rings. The first-order valence-electron chi connectivity index (χ1n) is 5.49. The lowest BCUT2D eigenvalue weighted by molar-refractivity contribution is 0.103. The summed E-state index contributed by atoms with van der Waals surface area (Å²) in [4.78, 5) is 24.0. The zero-order valence-electron chi connectivity index (χ0n) is 10.5. The van der Waals surface area contributed by atoms with E-state index in [4.69, 9.17) is 4.74 Å². The van der Waals surface area contributed by atoms with Crippen LogP contribution in [0.25, 0.3) is 0 Å². The van der Waals surface area contributed by atoms with E-state index in [0.717, 1.165) is 0 Å². The molecule has 2 aromatic rings. The van der Waals surface area contributed by atoms with E-state index in [1.807, 2.05) is 0 Å². The highest BCUT2D eigenvalue weighted by Gasteiger charge is 2.18. The van der Waals surface area contributed by atoms with Gasteiger partial charge in [-0.15, -0.1) is 0 Å². The van der Waals surface area contributed by atoms with E-state index >= 15 is 0 Å². The SMILES string of the molecule is COc1ccc(C(=O)c2c(C)[nH]n(C)c2=O)cc1. The molecule has 0 unspecified atom stereocenters. The van der Waals surface area contributed by atoms with Gasteiger partial charge >= 0.3 is 0 Å². The van der Waals surface area contributed by atoms with Gasteiger partial charge in [0.2, 0.25) is 0 Å². The maximum Gasteiger partial charge on any atom is 0.277 e. The van der Waals surface area contributed by atoms with Crippen molar-refractivity contribution < 1.29 is 9.53 Å². The van der Waals surface area contributed by atoms with Crippen molar-refractivity contribution in [2.75, 3.05) is 7.11 Å². The number of nitrogens with zero attached hydrogens (tertiary/aromatic N) is 1. The average Bonchev–Trinajstić information content (AvgIpc) is 2.63. The first kappa shape index (κ1) is 12.2. The Hall–Kier alpha value is -2.30. The van der Waals surface area contributed by atoms with Gasteiger partial charge in [0, 0.05) is 18.3 Å². The summed E-state index contributed by atoms with van der Waals surface area (Å²) in [6.45, 7) is 1.71. The van der Waals surface area contributed by atoms with Crippen molar-refractivity contribution in [3.8, 4) is 5.75 Å². The van der Waals surface area contributed by atoms with Crippen molar-refractivity contribution in [2.24, 2.45) is 7.05 Å². The van der Waals surface area contributed by atoms with Crippen LogP contribution in [0.4, 0.5) is 0 Å². The van der Waals surface area contributed by atoms with Gasteiger partial charge in [-0.05, 0) is 31.2 Å². The minimum Gasteiger partial charge on any atom is -0.497 e. The number of aromatic nitrogens is 2. The van der Waals surface area contributed by atoms with Gasteiger partial charge in [-0.25, -0.2) is 0 Å². The second-order valence-electron chi connectivity index (χ2n) is 4.03. The molecule has 0 bridgehead atoms. The summed E-state index contributed by atoms with van der Waals surface area (Å²) in [6.07, 6.45) is 0. The first-order valence-corrected chi connectivity index (χ1v) is 5.49. The number of rotatable bonds is 3. The fourth-order valence-corrected chi connectivity index (χ4v) is 1.84. The van der Waals surface area contributed by atoms with Gasteiger partial charge in [0.1, 0.15) is 11.3 Å². The summed E-state index contributed by atoms with van der Waals surface area (Å²) in [7, 11) is 3.14. The fraction of sp³-hybridized carbons (Fsp3) is 0.231. The Kier molecular flexibility index (Phi) is 3.06. The molecule has 0 amide bonds. The average molecular weight is 246 g/mol. The van der Waals surface area contributed by atoms with Gasteiger partial charge in [-0.3, -0.25) is 19.4 Å². The minimum absolute atomic E-state index is 0.183. The van der Waals surface area contributed by atoms with E-state index in [9.17, 15) is 9.59 Å². The molecule has 2 rings (SSSR count). The maximum atomic E-state index is 12.2. The minimum atomic E-state index is -0.312. The number of aromatic amines is 1. The van der Waals surface area contributed by atoms with Crippen LogP contribution >= 0.6 is 0 Å². The Morgan fingerprint density at radius 3 is 2.33 bits per heavy atom. The van der Waals surface area contributed by atoms with Crippen LogP contribution in [0.2, 0.25) is 0 Å². The number of carbonyl (C=O) groups excluding carboxylic acids is 1. The third kappa shape index (κ3) is 1.95. The number of methoxy groups -OCH3 is 1. The van der Waals surface area contributed by atoms with Crippen LogP contribution in [0.1, 0.15) is 21.6 Å². The van der Waals surface area contributed by atoms with Crippen molar-refractivity contribution in [3.05, 3.63) is 51.4 Å².